The lowest BCUT2D eigenvalue weighted by Gasteiger charge is -2.40. The van der Waals surface area contributed by atoms with E-state index in [9.17, 15) is 18.0 Å². The van der Waals surface area contributed by atoms with Gasteiger partial charge in [0.2, 0.25) is 0 Å². The first kappa shape index (κ1) is 20.0. The van der Waals surface area contributed by atoms with Gasteiger partial charge in [-0.2, -0.15) is 13.2 Å². The van der Waals surface area contributed by atoms with Crippen LogP contribution in [0.2, 0.25) is 0 Å². The monoisotopic (exact) mass is 376 g/mol. The van der Waals surface area contributed by atoms with Gasteiger partial charge in [0.1, 0.15) is 0 Å². The SMILES string of the molecule is C[C@H]1CC2C3CC(C[C@H]1C3)C2OCOC(=O)C(C)(C(C)(C)C)C(F)(F)F. The molecule has 3 bridgehead atoms. The summed E-state index contributed by atoms with van der Waals surface area (Å²) in [7, 11) is 0. The molecule has 3 aliphatic carbocycles. The number of esters is 1. The molecule has 0 aromatic carbocycles. The molecular formula is C20H31F3O3. The minimum absolute atomic E-state index is 0.0227. The van der Waals surface area contributed by atoms with Crippen LogP contribution < -0.4 is 0 Å². The number of alkyl halides is 3. The molecule has 7 atom stereocenters. The van der Waals surface area contributed by atoms with Gasteiger partial charge in [-0.3, -0.25) is 4.79 Å². The second-order valence-corrected chi connectivity index (χ2v) is 9.92. The van der Waals surface area contributed by atoms with Crippen LogP contribution in [0.15, 0.2) is 0 Å². The van der Waals surface area contributed by atoms with E-state index in [2.05, 4.69) is 6.92 Å². The molecule has 0 saturated heterocycles. The van der Waals surface area contributed by atoms with E-state index < -0.39 is 23.0 Å². The van der Waals surface area contributed by atoms with Crippen molar-refractivity contribution in [1.82, 2.24) is 0 Å². The van der Waals surface area contributed by atoms with E-state index in [1.165, 1.54) is 27.2 Å². The van der Waals surface area contributed by atoms with Crippen molar-refractivity contribution in [2.45, 2.75) is 72.6 Å². The Hall–Kier alpha value is -0.780. The van der Waals surface area contributed by atoms with Crippen LogP contribution in [0.5, 0.6) is 0 Å². The number of carbonyl (C=O) groups is 1. The standard InChI is InChI=1S/C20H31F3O3/c1-11-6-15-13-7-12(11)8-14(9-13)16(15)25-10-26-17(24)19(5,18(2,3)4)20(21,22)23/h11-16H,6-10H2,1-5H3/t11-,12+,13?,14?,15?,16?,19?/m0/s1. The molecule has 3 fully saturated rings. The van der Waals surface area contributed by atoms with Crippen molar-refractivity contribution < 1.29 is 27.4 Å². The zero-order valence-electron chi connectivity index (χ0n) is 16.4. The maximum Gasteiger partial charge on any atom is 0.405 e. The maximum atomic E-state index is 13.6. The third-order valence-electron chi connectivity index (χ3n) is 7.68. The van der Waals surface area contributed by atoms with E-state index in [4.69, 9.17) is 9.47 Å². The first-order valence-electron chi connectivity index (χ1n) is 9.71. The quantitative estimate of drug-likeness (QED) is 0.500. The second kappa shape index (κ2) is 6.39. The summed E-state index contributed by atoms with van der Waals surface area (Å²) in [5.41, 5.74) is -3.87. The van der Waals surface area contributed by atoms with Gasteiger partial charge in [0.05, 0.1) is 6.10 Å². The molecule has 150 valence electrons. The predicted octanol–water partition coefficient (Wildman–Crippen LogP) is 5.19. The molecule has 0 spiro atoms. The largest absolute Gasteiger partial charge is 0.438 e. The van der Waals surface area contributed by atoms with Gasteiger partial charge in [0.15, 0.2) is 12.2 Å². The highest BCUT2D eigenvalue weighted by Crippen LogP contribution is 2.58. The highest BCUT2D eigenvalue weighted by atomic mass is 19.4. The molecule has 3 rings (SSSR count). The Bertz CT molecular complexity index is 537. The third-order valence-corrected chi connectivity index (χ3v) is 7.68. The smallest absolute Gasteiger partial charge is 0.405 e. The van der Waals surface area contributed by atoms with E-state index in [1.54, 1.807) is 0 Å². The number of fused-ring (bicyclic) bond motifs is 2. The predicted molar refractivity (Wildman–Crippen MR) is 91.0 cm³/mol. The first-order chi connectivity index (χ1) is 11.9. The number of halogens is 3. The average molecular weight is 376 g/mol. The zero-order valence-corrected chi connectivity index (χ0v) is 16.4. The molecule has 0 heterocycles. The van der Waals surface area contributed by atoms with Crippen molar-refractivity contribution in [3.8, 4) is 0 Å². The summed E-state index contributed by atoms with van der Waals surface area (Å²) in [6.07, 6.45) is -0.0100. The lowest BCUT2D eigenvalue weighted by molar-refractivity contribution is -0.260. The maximum absolute atomic E-state index is 13.6. The van der Waals surface area contributed by atoms with Crippen molar-refractivity contribution in [3.63, 3.8) is 0 Å². The summed E-state index contributed by atoms with van der Waals surface area (Å²) in [5, 5.41) is 0. The Balaban J connectivity index is 1.62. The summed E-state index contributed by atoms with van der Waals surface area (Å²) in [5.74, 6) is 1.78. The topological polar surface area (TPSA) is 35.5 Å². The minimum atomic E-state index is -4.68. The van der Waals surface area contributed by atoms with Gasteiger partial charge in [-0.05, 0) is 67.6 Å². The van der Waals surface area contributed by atoms with Gasteiger partial charge in [-0.1, -0.05) is 27.7 Å². The number of ether oxygens (including phenoxy) is 2. The van der Waals surface area contributed by atoms with E-state index in [-0.39, 0.29) is 12.9 Å². The summed E-state index contributed by atoms with van der Waals surface area (Å²) >= 11 is 0. The van der Waals surface area contributed by atoms with Crippen LogP contribution in [0, 0.1) is 40.4 Å². The van der Waals surface area contributed by atoms with Gasteiger partial charge in [-0.25, -0.2) is 0 Å². The Morgan fingerprint density at radius 3 is 2.12 bits per heavy atom. The lowest BCUT2D eigenvalue weighted by atomic mass is 9.67. The van der Waals surface area contributed by atoms with Gasteiger partial charge in [-0.15, -0.1) is 0 Å². The van der Waals surface area contributed by atoms with E-state index in [0.29, 0.717) is 23.7 Å². The third kappa shape index (κ3) is 3.06. The minimum Gasteiger partial charge on any atom is -0.438 e. The normalized spacial score (nSPS) is 38.9. The second-order valence-electron chi connectivity index (χ2n) is 9.92. The number of carbonyl (C=O) groups excluding carboxylic acids is 1. The van der Waals surface area contributed by atoms with Crippen LogP contribution in [-0.4, -0.2) is 25.0 Å². The average Bonchev–Trinajstić information content (AvgIpc) is 2.68. The Morgan fingerprint density at radius 2 is 1.54 bits per heavy atom. The molecular weight excluding hydrogens is 345 g/mol. The van der Waals surface area contributed by atoms with Crippen molar-refractivity contribution >= 4 is 5.97 Å². The first-order valence-corrected chi connectivity index (χ1v) is 9.71. The highest BCUT2D eigenvalue weighted by Gasteiger charge is 2.64. The fraction of sp³-hybridized carbons (Fsp3) is 0.950. The van der Waals surface area contributed by atoms with Gasteiger partial charge in [0.25, 0.3) is 0 Å². The molecule has 6 heteroatoms. The van der Waals surface area contributed by atoms with Crippen molar-refractivity contribution in [1.29, 1.82) is 0 Å². The number of rotatable bonds is 4. The Kier molecular flexibility index (Phi) is 4.90. The van der Waals surface area contributed by atoms with Crippen LogP contribution in [0.1, 0.15) is 60.3 Å². The molecule has 0 N–H and O–H groups in total. The molecule has 3 aliphatic rings. The van der Waals surface area contributed by atoms with Crippen molar-refractivity contribution in [2.75, 3.05) is 6.79 Å². The molecule has 0 radical (unpaired) electrons. The van der Waals surface area contributed by atoms with Gasteiger partial charge in [0, 0.05) is 0 Å². The number of hydrogen-bond donors (Lipinski definition) is 0. The molecule has 26 heavy (non-hydrogen) atoms. The molecule has 0 aliphatic heterocycles. The Morgan fingerprint density at radius 1 is 0.962 bits per heavy atom. The molecule has 0 aromatic heterocycles. The van der Waals surface area contributed by atoms with Crippen LogP contribution in [0.3, 0.4) is 0 Å². The van der Waals surface area contributed by atoms with E-state index in [1.807, 2.05) is 0 Å². The molecule has 0 aromatic rings. The fourth-order valence-electron chi connectivity index (χ4n) is 5.52. The molecule has 0 amide bonds. The van der Waals surface area contributed by atoms with Crippen molar-refractivity contribution in [3.05, 3.63) is 0 Å². The highest BCUT2D eigenvalue weighted by molar-refractivity contribution is 5.78. The van der Waals surface area contributed by atoms with Gasteiger partial charge >= 0.3 is 12.1 Å². The van der Waals surface area contributed by atoms with Gasteiger partial charge < -0.3 is 9.47 Å². The molecule has 3 saturated carbocycles. The summed E-state index contributed by atoms with van der Waals surface area (Å²) < 4.78 is 51.6. The number of hydrogen-bond acceptors (Lipinski definition) is 3. The van der Waals surface area contributed by atoms with Crippen LogP contribution in [0.4, 0.5) is 13.2 Å². The van der Waals surface area contributed by atoms with E-state index >= 15 is 0 Å². The van der Waals surface area contributed by atoms with Crippen molar-refractivity contribution in [2.24, 2.45) is 40.4 Å². The van der Waals surface area contributed by atoms with Crippen LogP contribution >= 0.6 is 0 Å². The molecule has 3 nitrogen and oxygen atoms in total. The van der Waals surface area contributed by atoms with E-state index in [0.717, 1.165) is 32.1 Å². The summed E-state index contributed by atoms with van der Waals surface area (Å²) in [4.78, 5) is 12.3. The fourth-order valence-corrected chi connectivity index (χ4v) is 5.52. The Labute approximate surface area is 154 Å². The lowest BCUT2D eigenvalue weighted by Crippen LogP contribution is -2.52. The summed E-state index contributed by atoms with van der Waals surface area (Å²) in [6, 6.07) is 0. The summed E-state index contributed by atoms with van der Waals surface area (Å²) in [6.45, 7) is 7.04. The van der Waals surface area contributed by atoms with Crippen LogP contribution in [-0.2, 0) is 14.3 Å². The zero-order chi connectivity index (χ0) is 19.5. The molecule has 5 unspecified atom stereocenters. The van der Waals surface area contributed by atoms with Crippen LogP contribution in [0.25, 0.3) is 0 Å².